The summed E-state index contributed by atoms with van der Waals surface area (Å²) in [6.45, 7) is 8.34. The van der Waals surface area contributed by atoms with Gasteiger partial charge >= 0.3 is 5.63 Å². The molecule has 0 aliphatic carbocycles. The van der Waals surface area contributed by atoms with E-state index in [4.69, 9.17) is 8.83 Å². The number of hydrogen-bond donors (Lipinski definition) is 0. The summed E-state index contributed by atoms with van der Waals surface area (Å²) in [5.74, 6) is 1.87. The molecule has 0 radical (unpaired) electrons. The molecule has 0 saturated carbocycles. The van der Waals surface area contributed by atoms with Crippen molar-refractivity contribution >= 4 is 22.7 Å². The second-order valence-electron chi connectivity index (χ2n) is 6.45. The van der Waals surface area contributed by atoms with E-state index in [0.29, 0.717) is 29.5 Å². The number of benzene rings is 1. The van der Waals surface area contributed by atoms with Gasteiger partial charge in [-0.15, -0.1) is 16.8 Å². The predicted octanol–water partition coefficient (Wildman–Crippen LogP) is 4.74. The number of aryl methyl sites for hydroxylation is 2. The quantitative estimate of drug-likeness (QED) is 0.268. The van der Waals surface area contributed by atoms with Crippen molar-refractivity contribution < 1.29 is 8.83 Å². The molecular formula is C21H19N3O3S. The normalized spacial score (nSPS) is 11.2. The van der Waals surface area contributed by atoms with Crippen LogP contribution in [-0.2, 0) is 12.3 Å². The molecule has 3 aromatic heterocycles. The van der Waals surface area contributed by atoms with Crippen molar-refractivity contribution in [2.45, 2.75) is 31.3 Å². The number of aromatic nitrogens is 3. The minimum Gasteiger partial charge on any atom is -0.461 e. The highest BCUT2D eigenvalue weighted by Gasteiger charge is 2.17. The Morgan fingerprint density at radius 3 is 2.86 bits per heavy atom. The van der Waals surface area contributed by atoms with E-state index >= 15 is 0 Å². The van der Waals surface area contributed by atoms with E-state index in [2.05, 4.69) is 16.8 Å². The second kappa shape index (κ2) is 7.52. The highest BCUT2D eigenvalue weighted by Crippen LogP contribution is 2.30. The average molecular weight is 393 g/mol. The molecule has 4 aromatic rings. The van der Waals surface area contributed by atoms with E-state index in [-0.39, 0.29) is 5.63 Å². The molecule has 6 nitrogen and oxygen atoms in total. The fraction of sp³-hybridized carbons (Fsp3) is 0.190. The van der Waals surface area contributed by atoms with Gasteiger partial charge in [-0.05, 0) is 42.7 Å². The first-order chi connectivity index (χ1) is 13.6. The zero-order valence-electron chi connectivity index (χ0n) is 15.6. The van der Waals surface area contributed by atoms with Gasteiger partial charge in [0.1, 0.15) is 5.58 Å². The molecule has 0 saturated heterocycles. The first-order valence-corrected chi connectivity index (χ1v) is 9.80. The Hall–Kier alpha value is -3.06. The lowest BCUT2D eigenvalue weighted by Gasteiger charge is -2.09. The fourth-order valence-electron chi connectivity index (χ4n) is 3.06. The van der Waals surface area contributed by atoms with Gasteiger partial charge in [0.05, 0.1) is 6.26 Å². The SMILES string of the molecule is C=CCn1c(SCc2cc(=O)oc3c(C)c(C)ccc23)nnc1-c1ccco1. The molecule has 0 amide bonds. The van der Waals surface area contributed by atoms with Crippen LogP contribution in [0.5, 0.6) is 0 Å². The topological polar surface area (TPSA) is 74.1 Å². The predicted molar refractivity (Wildman–Crippen MR) is 109 cm³/mol. The van der Waals surface area contributed by atoms with Gasteiger partial charge in [-0.3, -0.25) is 4.57 Å². The van der Waals surface area contributed by atoms with Crippen LogP contribution in [0, 0.1) is 13.8 Å². The summed E-state index contributed by atoms with van der Waals surface area (Å²) < 4.78 is 12.9. The van der Waals surface area contributed by atoms with Gasteiger partial charge in [-0.25, -0.2) is 4.79 Å². The summed E-state index contributed by atoms with van der Waals surface area (Å²) in [6.07, 6.45) is 3.40. The Kier molecular flexibility index (Phi) is 4.92. The van der Waals surface area contributed by atoms with Crippen LogP contribution in [0.2, 0.25) is 0 Å². The lowest BCUT2D eigenvalue weighted by molar-refractivity contribution is 0.557. The van der Waals surface area contributed by atoms with Crippen LogP contribution in [0.1, 0.15) is 16.7 Å². The highest BCUT2D eigenvalue weighted by molar-refractivity contribution is 7.98. The monoisotopic (exact) mass is 393 g/mol. The van der Waals surface area contributed by atoms with Crippen LogP contribution in [0.25, 0.3) is 22.6 Å². The van der Waals surface area contributed by atoms with E-state index in [1.807, 2.05) is 42.7 Å². The summed E-state index contributed by atoms with van der Waals surface area (Å²) in [7, 11) is 0. The maximum absolute atomic E-state index is 12.1. The molecule has 0 N–H and O–H groups in total. The van der Waals surface area contributed by atoms with Gasteiger partial charge < -0.3 is 8.83 Å². The van der Waals surface area contributed by atoms with Crippen LogP contribution >= 0.6 is 11.8 Å². The number of thioether (sulfide) groups is 1. The molecule has 0 spiro atoms. The largest absolute Gasteiger partial charge is 0.461 e. The van der Waals surface area contributed by atoms with Gasteiger partial charge in [0.2, 0.25) is 5.82 Å². The average Bonchev–Trinajstić information content (AvgIpc) is 3.33. The van der Waals surface area contributed by atoms with Crippen LogP contribution in [-0.4, -0.2) is 14.8 Å². The summed E-state index contributed by atoms with van der Waals surface area (Å²) >= 11 is 1.51. The smallest absolute Gasteiger partial charge is 0.336 e. The second-order valence-corrected chi connectivity index (χ2v) is 7.39. The minimum atomic E-state index is -0.347. The van der Waals surface area contributed by atoms with Crippen molar-refractivity contribution in [3.8, 4) is 11.6 Å². The fourth-order valence-corrected chi connectivity index (χ4v) is 4.00. The van der Waals surface area contributed by atoms with Crippen molar-refractivity contribution in [1.29, 1.82) is 0 Å². The van der Waals surface area contributed by atoms with Gasteiger partial charge in [-0.2, -0.15) is 0 Å². The molecule has 3 heterocycles. The molecule has 28 heavy (non-hydrogen) atoms. The van der Waals surface area contributed by atoms with Gasteiger partial charge in [0.15, 0.2) is 10.9 Å². The molecule has 0 unspecified atom stereocenters. The first kappa shape index (κ1) is 18.3. The number of rotatable bonds is 6. The number of allylic oxidation sites excluding steroid dienone is 1. The highest BCUT2D eigenvalue weighted by atomic mass is 32.2. The summed E-state index contributed by atoms with van der Waals surface area (Å²) in [5.41, 5.74) is 3.28. The number of fused-ring (bicyclic) bond motifs is 1. The Balaban J connectivity index is 1.70. The molecule has 4 rings (SSSR count). The third-order valence-electron chi connectivity index (χ3n) is 4.64. The van der Waals surface area contributed by atoms with E-state index in [9.17, 15) is 4.79 Å². The van der Waals surface area contributed by atoms with Crippen molar-refractivity contribution in [3.05, 3.63) is 76.4 Å². The Bertz CT molecular complexity index is 1210. The zero-order chi connectivity index (χ0) is 19.7. The Morgan fingerprint density at radius 2 is 2.11 bits per heavy atom. The molecule has 7 heteroatoms. The molecule has 0 bridgehead atoms. The summed E-state index contributed by atoms with van der Waals surface area (Å²) in [6, 6.07) is 9.25. The first-order valence-electron chi connectivity index (χ1n) is 8.82. The molecule has 1 aromatic carbocycles. The van der Waals surface area contributed by atoms with E-state index in [1.54, 1.807) is 18.4 Å². The molecule has 0 aliphatic heterocycles. The van der Waals surface area contributed by atoms with Crippen molar-refractivity contribution in [2.24, 2.45) is 0 Å². The number of nitrogens with zero attached hydrogens (tertiary/aromatic N) is 3. The zero-order valence-corrected chi connectivity index (χ0v) is 16.5. The van der Waals surface area contributed by atoms with E-state index in [0.717, 1.165) is 27.2 Å². The maximum atomic E-state index is 12.1. The molecule has 0 aliphatic rings. The lowest BCUT2D eigenvalue weighted by Crippen LogP contribution is -2.03. The van der Waals surface area contributed by atoms with Gasteiger partial charge in [0, 0.05) is 23.8 Å². The standard InChI is InChI=1S/C21H19N3O3S/c1-4-9-24-20(17-6-5-10-26-17)22-23-21(24)28-12-15-11-18(25)27-19-14(3)13(2)7-8-16(15)19/h4-8,10-11H,1,9,12H2,2-3H3. The van der Waals surface area contributed by atoms with E-state index in [1.165, 1.54) is 11.8 Å². The Morgan fingerprint density at radius 1 is 1.25 bits per heavy atom. The third-order valence-corrected chi connectivity index (χ3v) is 5.66. The molecular weight excluding hydrogens is 374 g/mol. The van der Waals surface area contributed by atoms with E-state index < -0.39 is 0 Å². The van der Waals surface area contributed by atoms with Gasteiger partial charge in [0.25, 0.3) is 0 Å². The Labute approximate surface area is 165 Å². The van der Waals surface area contributed by atoms with Crippen LogP contribution in [0.15, 0.2) is 68.0 Å². The molecule has 142 valence electrons. The summed E-state index contributed by atoms with van der Waals surface area (Å²) in [5, 5.41) is 10.2. The van der Waals surface area contributed by atoms with Crippen LogP contribution in [0.3, 0.4) is 0 Å². The molecule has 0 atom stereocenters. The number of hydrogen-bond acceptors (Lipinski definition) is 6. The van der Waals surface area contributed by atoms with Crippen LogP contribution < -0.4 is 5.63 Å². The third kappa shape index (κ3) is 3.29. The van der Waals surface area contributed by atoms with Crippen molar-refractivity contribution in [1.82, 2.24) is 14.8 Å². The van der Waals surface area contributed by atoms with Crippen molar-refractivity contribution in [3.63, 3.8) is 0 Å². The van der Waals surface area contributed by atoms with Crippen molar-refractivity contribution in [2.75, 3.05) is 0 Å². The lowest BCUT2D eigenvalue weighted by atomic mass is 10.0. The van der Waals surface area contributed by atoms with Gasteiger partial charge in [-0.1, -0.05) is 30.0 Å². The minimum absolute atomic E-state index is 0.347. The summed E-state index contributed by atoms with van der Waals surface area (Å²) in [4.78, 5) is 12.1. The number of furan rings is 1. The maximum Gasteiger partial charge on any atom is 0.336 e. The molecule has 0 fully saturated rings. The van der Waals surface area contributed by atoms with Crippen LogP contribution in [0.4, 0.5) is 0 Å².